The molecule has 0 atom stereocenters. The predicted molar refractivity (Wildman–Crippen MR) is 113 cm³/mol. The van der Waals surface area contributed by atoms with Gasteiger partial charge in [0.1, 0.15) is 12.9 Å². The zero-order chi connectivity index (χ0) is 21.1. The van der Waals surface area contributed by atoms with E-state index < -0.39 is 5.56 Å². The second-order valence-electron chi connectivity index (χ2n) is 6.63. The summed E-state index contributed by atoms with van der Waals surface area (Å²) in [6.45, 7) is 0.558. The van der Waals surface area contributed by atoms with Gasteiger partial charge in [-0.1, -0.05) is 52.7 Å². The number of amides is 1. The topological polar surface area (TPSA) is 94.7 Å². The number of halogens is 2. The molecule has 0 aliphatic rings. The average Bonchev–Trinajstić information content (AvgIpc) is 3.15. The fourth-order valence-corrected chi connectivity index (χ4v) is 3.13. The second kappa shape index (κ2) is 8.64. The molecule has 0 fully saturated rings. The molecule has 4 aromatic rings. The van der Waals surface area contributed by atoms with Crippen molar-refractivity contribution in [2.24, 2.45) is 0 Å². The van der Waals surface area contributed by atoms with Crippen molar-refractivity contribution in [2.75, 3.05) is 0 Å². The Morgan fingerprint density at radius 1 is 0.967 bits per heavy atom. The minimum Gasteiger partial charge on any atom is -0.350 e. The molecule has 0 bridgehead atoms. The zero-order valence-electron chi connectivity index (χ0n) is 15.6. The second-order valence-corrected chi connectivity index (χ2v) is 7.50. The highest BCUT2D eigenvalue weighted by Crippen LogP contribution is 2.12. The van der Waals surface area contributed by atoms with E-state index in [1.54, 1.807) is 24.3 Å². The van der Waals surface area contributed by atoms with Crippen molar-refractivity contribution in [1.82, 2.24) is 29.9 Å². The summed E-state index contributed by atoms with van der Waals surface area (Å²) in [5, 5.41) is 12.0. The number of carbonyl (C=O) groups excluding carboxylic acids is 1. The van der Waals surface area contributed by atoms with Crippen LogP contribution >= 0.6 is 23.2 Å². The van der Waals surface area contributed by atoms with Crippen molar-refractivity contribution in [2.45, 2.75) is 19.6 Å². The van der Waals surface area contributed by atoms with Gasteiger partial charge < -0.3 is 5.32 Å². The lowest BCUT2D eigenvalue weighted by atomic mass is 10.2. The first-order valence-corrected chi connectivity index (χ1v) is 9.79. The van der Waals surface area contributed by atoms with Gasteiger partial charge >= 0.3 is 0 Å². The lowest BCUT2D eigenvalue weighted by Gasteiger charge is -2.07. The van der Waals surface area contributed by atoms with Crippen LogP contribution in [-0.4, -0.2) is 30.5 Å². The van der Waals surface area contributed by atoms with Crippen molar-refractivity contribution in [3.05, 3.63) is 86.4 Å². The Morgan fingerprint density at radius 2 is 1.60 bits per heavy atom. The van der Waals surface area contributed by atoms with Gasteiger partial charge in [-0.05, 0) is 35.4 Å². The van der Waals surface area contributed by atoms with Crippen LogP contribution in [0.4, 0.5) is 0 Å². The van der Waals surface area contributed by atoms with E-state index in [9.17, 15) is 9.59 Å². The fourth-order valence-electron chi connectivity index (χ4n) is 2.88. The fraction of sp³-hybridized carbons (Fsp3) is 0.150. The summed E-state index contributed by atoms with van der Waals surface area (Å²) in [5.74, 6) is -0.318. The number of rotatable bonds is 6. The summed E-state index contributed by atoms with van der Waals surface area (Å²) in [6.07, 6.45) is 1.33. The number of aromatic nitrogens is 5. The van der Waals surface area contributed by atoms with Gasteiger partial charge in [-0.2, -0.15) is 0 Å². The molecule has 0 aliphatic heterocycles. The van der Waals surface area contributed by atoms with E-state index in [4.69, 9.17) is 23.2 Å². The van der Waals surface area contributed by atoms with Gasteiger partial charge in [0.15, 0.2) is 11.2 Å². The number of hydrogen-bond acceptors (Lipinski definition) is 5. The number of hydrogen-bond donors (Lipinski definition) is 1. The van der Waals surface area contributed by atoms with Crippen molar-refractivity contribution >= 4 is 40.3 Å². The summed E-state index contributed by atoms with van der Waals surface area (Å²) in [4.78, 5) is 29.2. The van der Waals surface area contributed by atoms with Crippen molar-refractivity contribution in [3.8, 4) is 0 Å². The van der Waals surface area contributed by atoms with E-state index in [0.29, 0.717) is 28.8 Å². The van der Waals surface area contributed by atoms with Gasteiger partial charge in [-0.15, -0.1) is 5.10 Å². The highest BCUT2D eigenvalue weighted by molar-refractivity contribution is 6.30. The highest BCUT2D eigenvalue weighted by Gasteiger charge is 2.14. The van der Waals surface area contributed by atoms with Crippen LogP contribution in [0, 0.1) is 0 Å². The Labute approximate surface area is 181 Å². The predicted octanol–water partition coefficient (Wildman–Crippen LogP) is 2.66. The van der Waals surface area contributed by atoms with Gasteiger partial charge in [0.25, 0.3) is 5.56 Å². The lowest BCUT2D eigenvalue weighted by molar-refractivity contribution is -0.121. The van der Waals surface area contributed by atoms with E-state index in [0.717, 1.165) is 11.1 Å². The summed E-state index contributed by atoms with van der Waals surface area (Å²) in [6, 6.07) is 14.4. The smallest absolute Gasteiger partial charge is 0.283 e. The average molecular weight is 443 g/mol. The quantitative estimate of drug-likeness (QED) is 0.495. The molecule has 2 aromatic heterocycles. The maximum atomic E-state index is 12.7. The molecular formula is C20H16Cl2N6O2. The Hall–Kier alpha value is -3.23. The van der Waals surface area contributed by atoms with Crippen LogP contribution in [0.3, 0.4) is 0 Å². The van der Waals surface area contributed by atoms with Gasteiger partial charge in [0.2, 0.25) is 5.91 Å². The minimum atomic E-state index is -0.427. The Balaban J connectivity index is 1.46. The molecule has 1 N–H and O–H groups in total. The number of nitrogens with zero attached hydrogens (tertiary/aromatic N) is 5. The number of nitrogens with one attached hydrogen (secondary N) is 1. The minimum absolute atomic E-state index is 0.108. The monoisotopic (exact) mass is 442 g/mol. The van der Waals surface area contributed by atoms with Gasteiger partial charge in [0.05, 0.1) is 6.54 Å². The summed E-state index contributed by atoms with van der Waals surface area (Å²) >= 11 is 11.8. The zero-order valence-corrected chi connectivity index (χ0v) is 17.1. The standard InChI is InChI=1S/C20H16Cl2N6O2/c21-15-5-1-13(2-6-15)9-23-17(29)11-27-12-24-19-18(20(27)30)25-26-28(19)10-14-3-7-16(22)8-4-14/h1-8,12H,9-11H2,(H,23,29). The molecule has 10 heteroatoms. The van der Waals surface area contributed by atoms with Crippen LogP contribution in [0.1, 0.15) is 11.1 Å². The maximum Gasteiger partial charge on any atom is 0.283 e. The van der Waals surface area contributed by atoms with Gasteiger partial charge in [0, 0.05) is 16.6 Å². The third-order valence-electron chi connectivity index (χ3n) is 4.45. The molecule has 0 saturated carbocycles. The summed E-state index contributed by atoms with van der Waals surface area (Å²) in [5.41, 5.74) is 1.88. The van der Waals surface area contributed by atoms with Crippen molar-refractivity contribution in [3.63, 3.8) is 0 Å². The molecule has 0 spiro atoms. The van der Waals surface area contributed by atoms with E-state index in [1.807, 2.05) is 24.3 Å². The van der Waals surface area contributed by atoms with Crippen LogP contribution < -0.4 is 10.9 Å². The van der Waals surface area contributed by atoms with E-state index in [1.165, 1.54) is 15.6 Å². The van der Waals surface area contributed by atoms with Gasteiger partial charge in [-0.3, -0.25) is 14.2 Å². The summed E-state index contributed by atoms with van der Waals surface area (Å²) in [7, 11) is 0. The molecule has 0 saturated heterocycles. The first-order valence-electron chi connectivity index (χ1n) is 9.04. The van der Waals surface area contributed by atoms with E-state index >= 15 is 0 Å². The van der Waals surface area contributed by atoms with Crippen LogP contribution in [0.2, 0.25) is 10.0 Å². The lowest BCUT2D eigenvalue weighted by Crippen LogP contribution is -2.32. The molecule has 0 aliphatic carbocycles. The molecule has 2 heterocycles. The molecule has 4 rings (SSSR count). The SMILES string of the molecule is O=C(Cn1cnc2c(nnn2Cc2ccc(Cl)cc2)c1=O)NCc1ccc(Cl)cc1. The molecule has 2 aromatic carbocycles. The normalized spacial score (nSPS) is 11.0. The molecule has 0 unspecified atom stereocenters. The summed E-state index contributed by atoms with van der Waals surface area (Å²) < 4.78 is 2.74. The van der Waals surface area contributed by atoms with E-state index in [-0.39, 0.29) is 18.0 Å². The Bertz CT molecular complexity index is 1250. The molecule has 152 valence electrons. The molecule has 0 radical (unpaired) electrons. The van der Waals surface area contributed by atoms with Crippen molar-refractivity contribution in [1.29, 1.82) is 0 Å². The first kappa shape index (κ1) is 20.1. The molecule has 8 nitrogen and oxygen atoms in total. The van der Waals surface area contributed by atoms with Crippen molar-refractivity contribution < 1.29 is 4.79 Å². The van der Waals surface area contributed by atoms with Crippen LogP contribution in [0.25, 0.3) is 11.2 Å². The first-order chi connectivity index (χ1) is 14.5. The van der Waals surface area contributed by atoms with Gasteiger partial charge in [-0.25, -0.2) is 9.67 Å². The Morgan fingerprint density at radius 3 is 2.27 bits per heavy atom. The maximum absolute atomic E-state index is 12.7. The number of carbonyl (C=O) groups is 1. The third-order valence-corrected chi connectivity index (χ3v) is 4.96. The number of fused-ring (bicyclic) bond motifs is 1. The van der Waals surface area contributed by atoms with E-state index in [2.05, 4.69) is 20.6 Å². The number of benzene rings is 2. The molecule has 1 amide bonds. The largest absolute Gasteiger partial charge is 0.350 e. The highest BCUT2D eigenvalue weighted by atomic mass is 35.5. The molecule has 30 heavy (non-hydrogen) atoms. The van der Waals surface area contributed by atoms with Crippen LogP contribution in [0.5, 0.6) is 0 Å². The Kier molecular flexibility index (Phi) is 5.78. The molecular weight excluding hydrogens is 427 g/mol. The van der Waals surface area contributed by atoms with Crippen LogP contribution in [-0.2, 0) is 24.4 Å². The van der Waals surface area contributed by atoms with Crippen LogP contribution in [0.15, 0.2) is 59.7 Å². The third kappa shape index (κ3) is 4.50.